The summed E-state index contributed by atoms with van der Waals surface area (Å²) in [5.41, 5.74) is 0.601. The highest BCUT2D eigenvalue weighted by Crippen LogP contribution is 2.50. The van der Waals surface area contributed by atoms with E-state index in [9.17, 15) is 9.36 Å². The molecule has 0 bridgehead atoms. The van der Waals surface area contributed by atoms with Gasteiger partial charge in [0.25, 0.3) is 0 Å². The first kappa shape index (κ1) is 15.0. The third-order valence-corrected chi connectivity index (χ3v) is 4.80. The molecule has 0 amide bonds. The lowest BCUT2D eigenvalue weighted by Crippen LogP contribution is -2.10. The molecule has 0 atom stereocenters. The Morgan fingerprint density at radius 2 is 1.80 bits per heavy atom. The van der Waals surface area contributed by atoms with Crippen LogP contribution in [0.5, 0.6) is 0 Å². The topological polar surface area (TPSA) is 65.7 Å². The molecule has 0 aliphatic carbocycles. The van der Waals surface area contributed by atoms with Crippen molar-refractivity contribution in [2.24, 2.45) is 0 Å². The van der Waals surface area contributed by atoms with Crippen LogP contribution in [0.1, 0.15) is 19.4 Å². The minimum atomic E-state index is -3.31. The van der Waals surface area contributed by atoms with E-state index in [4.69, 9.17) is 13.5 Å². The van der Waals surface area contributed by atoms with Crippen LogP contribution < -0.4 is 5.43 Å². The Morgan fingerprint density at radius 3 is 2.45 bits per heavy atom. The van der Waals surface area contributed by atoms with Crippen molar-refractivity contribution in [3.05, 3.63) is 46.3 Å². The molecule has 108 valence electrons. The number of hydrogen-bond acceptors (Lipinski definition) is 5. The molecule has 0 fully saturated rings. The first-order valence-corrected chi connectivity index (χ1v) is 8.20. The van der Waals surface area contributed by atoms with Crippen LogP contribution in [0.2, 0.25) is 0 Å². The Morgan fingerprint density at radius 1 is 1.15 bits per heavy atom. The third-order valence-electron chi connectivity index (χ3n) is 2.77. The van der Waals surface area contributed by atoms with Gasteiger partial charge in [-0.25, -0.2) is 0 Å². The van der Waals surface area contributed by atoms with Gasteiger partial charge in [0.15, 0.2) is 5.43 Å². The van der Waals surface area contributed by atoms with Gasteiger partial charge in [0.1, 0.15) is 5.58 Å². The molecule has 0 N–H and O–H groups in total. The molecular weight excluding hydrogens is 279 g/mol. The van der Waals surface area contributed by atoms with Crippen molar-refractivity contribution < 1.29 is 18.0 Å². The molecule has 0 saturated carbocycles. The fourth-order valence-corrected chi connectivity index (χ4v) is 3.64. The molecular formula is C14H17O5P. The number of para-hydroxylation sites is 1. The average Bonchev–Trinajstić information content (AvgIpc) is 2.43. The van der Waals surface area contributed by atoms with Crippen molar-refractivity contribution in [1.82, 2.24) is 0 Å². The zero-order valence-corrected chi connectivity index (χ0v) is 12.4. The molecule has 5 nitrogen and oxygen atoms in total. The van der Waals surface area contributed by atoms with Gasteiger partial charge in [0.05, 0.1) is 31.0 Å². The van der Waals surface area contributed by atoms with Gasteiger partial charge >= 0.3 is 7.60 Å². The summed E-state index contributed by atoms with van der Waals surface area (Å²) in [5, 5.41) is 0.463. The van der Waals surface area contributed by atoms with Crippen molar-refractivity contribution in [2.75, 3.05) is 13.2 Å². The maximum atomic E-state index is 12.4. The van der Waals surface area contributed by atoms with Crippen molar-refractivity contribution in [1.29, 1.82) is 0 Å². The molecule has 0 radical (unpaired) electrons. The predicted octanol–water partition coefficient (Wildman–Crippen LogP) is 3.56. The van der Waals surface area contributed by atoms with Crippen molar-refractivity contribution >= 4 is 18.6 Å². The maximum absolute atomic E-state index is 12.4. The second kappa shape index (κ2) is 6.35. The zero-order valence-electron chi connectivity index (χ0n) is 11.5. The lowest BCUT2D eigenvalue weighted by molar-refractivity contribution is 0.219. The number of rotatable bonds is 6. The lowest BCUT2D eigenvalue weighted by Gasteiger charge is -2.16. The van der Waals surface area contributed by atoms with Crippen molar-refractivity contribution in [2.45, 2.75) is 20.0 Å². The summed E-state index contributed by atoms with van der Waals surface area (Å²) < 4.78 is 28.2. The van der Waals surface area contributed by atoms with Crippen LogP contribution in [-0.2, 0) is 19.8 Å². The summed E-state index contributed by atoms with van der Waals surface area (Å²) in [6.07, 6.45) is 1.25. The van der Waals surface area contributed by atoms with Crippen LogP contribution in [0.3, 0.4) is 0 Å². The Balaban J connectivity index is 2.40. The first-order valence-electron chi connectivity index (χ1n) is 6.47. The molecule has 2 rings (SSSR count). The van der Waals surface area contributed by atoms with E-state index in [2.05, 4.69) is 0 Å². The fourth-order valence-electron chi connectivity index (χ4n) is 1.96. The summed E-state index contributed by atoms with van der Waals surface area (Å²) >= 11 is 0. The highest BCUT2D eigenvalue weighted by atomic mass is 31.2. The van der Waals surface area contributed by atoms with E-state index >= 15 is 0 Å². The van der Waals surface area contributed by atoms with E-state index in [0.717, 1.165) is 0 Å². The standard InChI is InChI=1S/C14H17O5P/c1-3-18-20(16,19-4-2)10-11-9-17-13-8-6-5-7-12(13)14(11)15/h5-9H,3-4,10H2,1-2H3. The van der Waals surface area contributed by atoms with Crippen LogP contribution in [0.15, 0.2) is 39.7 Å². The minimum absolute atomic E-state index is 0.0815. The van der Waals surface area contributed by atoms with Crippen LogP contribution in [-0.4, -0.2) is 13.2 Å². The van der Waals surface area contributed by atoms with Gasteiger partial charge in [-0.05, 0) is 26.0 Å². The lowest BCUT2D eigenvalue weighted by atomic mass is 10.2. The molecule has 1 aromatic carbocycles. The quantitative estimate of drug-likeness (QED) is 0.762. The van der Waals surface area contributed by atoms with Crippen molar-refractivity contribution in [3.63, 3.8) is 0 Å². The molecule has 20 heavy (non-hydrogen) atoms. The van der Waals surface area contributed by atoms with Gasteiger partial charge < -0.3 is 13.5 Å². The Bertz CT molecular complexity index is 681. The average molecular weight is 296 g/mol. The Hall–Kier alpha value is -1.42. The highest BCUT2D eigenvalue weighted by molar-refractivity contribution is 7.53. The Kier molecular flexibility index (Phi) is 4.76. The van der Waals surface area contributed by atoms with E-state index in [1.54, 1.807) is 38.1 Å². The SMILES string of the molecule is CCOP(=O)(Cc1coc2ccccc2c1=O)OCC. The van der Waals surface area contributed by atoms with Crippen LogP contribution >= 0.6 is 7.60 Å². The summed E-state index contributed by atoms with van der Waals surface area (Å²) in [7, 11) is -3.31. The molecule has 0 unspecified atom stereocenters. The van der Waals surface area contributed by atoms with Crippen LogP contribution in [0.4, 0.5) is 0 Å². The summed E-state index contributed by atoms with van der Waals surface area (Å²) in [6, 6.07) is 6.94. The number of benzene rings is 1. The summed E-state index contributed by atoms with van der Waals surface area (Å²) in [5.74, 6) is 0. The molecule has 2 aromatic rings. The summed E-state index contributed by atoms with van der Waals surface area (Å²) in [4.78, 5) is 12.3. The smallest absolute Gasteiger partial charge is 0.335 e. The van der Waals surface area contributed by atoms with Gasteiger partial charge in [-0.2, -0.15) is 0 Å². The molecule has 0 saturated heterocycles. The molecule has 1 aromatic heterocycles. The fraction of sp³-hybridized carbons (Fsp3) is 0.357. The van der Waals surface area contributed by atoms with E-state index in [-0.39, 0.29) is 24.8 Å². The predicted molar refractivity (Wildman–Crippen MR) is 77.0 cm³/mol. The van der Waals surface area contributed by atoms with Gasteiger partial charge in [0.2, 0.25) is 0 Å². The monoisotopic (exact) mass is 296 g/mol. The second-order valence-corrected chi connectivity index (χ2v) is 6.25. The zero-order chi connectivity index (χ0) is 14.6. The second-order valence-electron chi connectivity index (χ2n) is 4.19. The number of hydrogen-bond donors (Lipinski definition) is 0. The first-order chi connectivity index (χ1) is 9.59. The maximum Gasteiger partial charge on any atom is 0.335 e. The van der Waals surface area contributed by atoms with E-state index in [1.807, 2.05) is 0 Å². The molecule has 1 heterocycles. The van der Waals surface area contributed by atoms with Gasteiger partial charge in [-0.1, -0.05) is 12.1 Å². The van der Waals surface area contributed by atoms with Gasteiger partial charge in [-0.15, -0.1) is 0 Å². The minimum Gasteiger partial charge on any atom is -0.464 e. The van der Waals surface area contributed by atoms with E-state index in [1.165, 1.54) is 6.26 Å². The third kappa shape index (κ3) is 3.18. The van der Waals surface area contributed by atoms with E-state index < -0.39 is 7.60 Å². The van der Waals surface area contributed by atoms with E-state index in [0.29, 0.717) is 16.5 Å². The molecule has 0 aliphatic heterocycles. The van der Waals surface area contributed by atoms with Crippen LogP contribution in [0.25, 0.3) is 11.0 Å². The molecule has 0 spiro atoms. The highest BCUT2D eigenvalue weighted by Gasteiger charge is 2.26. The molecule has 0 aliphatic rings. The van der Waals surface area contributed by atoms with Gasteiger partial charge in [0, 0.05) is 5.56 Å². The largest absolute Gasteiger partial charge is 0.464 e. The summed E-state index contributed by atoms with van der Waals surface area (Å²) in [6.45, 7) is 3.98. The molecule has 6 heteroatoms. The number of fused-ring (bicyclic) bond motifs is 1. The van der Waals surface area contributed by atoms with Crippen LogP contribution in [0, 0.1) is 0 Å². The normalized spacial score (nSPS) is 11.9. The Labute approximate surface area is 117 Å². The van der Waals surface area contributed by atoms with Gasteiger partial charge in [-0.3, -0.25) is 9.36 Å². The van der Waals surface area contributed by atoms with Crippen molar-refractivity contribution in [3.8, 4) is 0 Å².